The molecule has 0 spiro atoms. The van der Waals surface area contributed by atoms with Crippen LogP contribution in [0.2, 0.25) is 0 Å². The Labute approximate surface area is 45.6 Å². The van der Waals surface area contributed by atoms with E-state index in [-0.39, 0.29) is 0 Å². The second-order valence-corrected chi connectivity index (χ2v) is 1.22. The minimum atomic E-state index is 0.757. The van der Waals surface area contributed by atoms with Crippen LogP contribution in [0.4, 0.5) is 0 Å². The highest BCUT2D eigenvalue weighted by Crippen LogP contribution is 1.81. The van der Waals surface area contributed by atoms with Gasteiger partial charge in [-0.2, -0.15) is 0 Å². The molecule has 7 heavy (non-hydrogen) atoms. The Morgan fingerprint density at radius 2 is 2.43 bits per heavy atom. The molecule has 0 aliphatic carbocycles. The lowest BCUT2D eigenvalue weighted by Crippen LogP contribution is -2.14. The molecule has 0 saturated heterocycles. The summed E-state index contributed by atoms with van der Waals surface area (Å²) >= 11 is 0. The maximum atomic E-state index is 3.64. The van der Waals surface area contributed by atoms with Crippen molar-refractivity contribution in [3.63, 3.8) is 0 Å². The topological polar surface area (TPSA) is 3.24 Å². The van der Waals surface area contributed by atoms with E-state index in [9.17, 15) is 0 Å². The molecule has 0 heterocycles. The van der Waals surface area contributed by atoms with Crippen LogP contribution in [0.15, 0.2) is 12.8 Å². The molecule has 0 radical (unpaired) electrons. The molecular formula is C6H11N. The average Bonchev–Trinajstić information content (AvgIpc) is 1.72. The van der Waals surface area contributed by atoms with Crippen molar-refractivity contribution in [1.29, 1.82) is 0 Å². The monoisotopic (exact) mass is 97.1 g/mol. The highest BCUT2D eigenvalue weighted by molar-refractivity contribution is 4.71. The molecule has 0 rings (SSSR count). The Morgan fingerprint density at radius 1 is 1.86 bits per heavy atom. The van der Waals surface area contributed by atoms with Crippen molar-refractivity contribution >= 4 is 0 Å². The van der Waals surface area contributed by atoms with Crippen LogP contribution in [0.5, 0.6) is 0 Å². The molecule has 0 bridgehead atoms. The molecule has 0 saturated carbocycles. The summed E-state index contributed by atoms with van der Waals surface area (Å²) in [6, 6.07) is 0. The zero-order chi connectivity index (χ0) is 5.70. The van der Waals surface area contributed by atoms with Crippen molar-refractivity contribution in [3.8, 4) is 0 Å². The smallest absolute Gasteiger partial charge is 0.154 e. The van der Waals surface area contributed by atoms with Crippen molar-refractivity contribution in [2.75, 3.05) is 13.1 Å². The molecule has 0 aromatic rings. The number of hydrogen-bond acceptors (Lipinski definition) is 1. The number of nitrogens with zero attached hydrogens (tertiary/aromatic N) is 1. The predicted molar refractivity (Wildman–Crippen MR) is 32.5 cm³/mol. The highest BCUT2D eigenvalue weighted by atomic mass is 15.1. The van der Waals surface area contributed by atoms with Gasteiger partial charge in [-0.1, -0.05) is 6.58 Å². The minimum absolute atomic E-state index is 0.757. The Hall–Kier alpha value is -0.590. The summed E-state index contributed by atoms with van der Waals surface area (Å²) in [7, 11) is 0. The Bertz CT molecular complexity index is 46.1. The van der Waals surface area contributed by atoms with Crippen LogP contribution in [0, 0.1) is 13.8 Å². The van der Waals surface area contributed by atoms with Crippen molar-refractivity contribution in [3.05, 3.63) is 26.6 Å². The van der Waals surface area contributed by atoms with E-state index in [4.69, 9.17) is 0 Å². The summed E-state index contributed by atoms with van der Waals surface area (Å²) in [6.45, 7) is 12.3. The first-order valence-corrected chi connectivity index (χ1v) is 2.30. The van der Waals surface area contributed by atoms with Gasteiger partial charge in [0.1, 0.15) is 0 Å². The summed E-state index contributed by atoms with van der Waals surface area (Å²) in [5.41, 5.74) is 0. The molecule has 0 aliphatic rings. The van der Waals surface area contributed by atoms with Gasteiger partial charge in [0.05, 0.1) is 6.92 Å². The van der Waals surface area contributed by atoms with Crippen LogP contribution in [0.1, 0.15) is 0 Å². The lowest BCUT2D eigenvalue weighted by atomic mass is 10.5. The van der Waals surface area contributed by atoms with Gasteiger partial charge in [0.15, 0.2) is 6.54 Å². The van der Waals surface area contributed by atoms with Gasteiger partial charge >= 0.3 is 0 Å². The van der Waals surface area contributed by atoms with Crippen LogP contribution >= 0.6 is 0 Å². The summed E-state index contributed by atoms with van der Waals surface area (Å²) in [5.74, 6) is 0. The molecule has 0 unspecified atom stereocenters. The molecule has 40 valence electrons. The lowest BCUT2D eigenvalue weighted by molar-refractivity contribution is 0.460. The van der Waals surface area contributed by atoms with E-state index in [1.54, 1.807) is 6.20 Å². The van der Waals surface area contributed by atoms with E-state index in [0.717, 1.165) is 13.1 Å². The average molecular weight is 97.2 g/mol. The second kappa shape index (κ2) is 3.59. The second-order valence-electron chi connectivity index (χ2n) is 1.22. The predicted octanol–water partition coefficient (Wildman–Crippen LogP) is 1.10. The van der Waals surface area contributed by atoms with E-state index in [1.165, 1.54) is 0 Å². The fourth-order valence-corrected chi connectivity index (χ4v) is 0.294. The van der Waals surface area contributed by atoms with Gasteiger partial charge in [-0.05, 0) is 6.20 Å². The van der Waals surface area contributed by atoms with Crippen molar-refractivity contribution in [1.82, 2.24) is 4.90 Å². The first-order valence-electron chi connectivity index (χ1n) is 2.30. The largest absolute Gasteiger partial charge is 0.371 e. The molecule has 0 aromatic carbocycles. The minimum Gasteiger partial charge on any atom is -0.371 e. The maximum Gasteiger partial charge on any atom is 0.154 e. The third-order valence-electron chi connectivity index (χ3n) is 0.833. The molecule has 0 aromatic heterocycles. The normalized spacial score (nSPS) is 8.14. The molecular weight excluding hydrogens is 86.1 g/mol. The van der Waals surface area contributed by atoms with Gasteiger partial charge in [0.2, 0.25) is 0 Å². The summed E-state index contributed by atoms with van der Waals surface area (Å²) in [6.07, 6.45) is 1.74. The fourth-order valence-electron chi connectivity index (χ4n) is 0.294. The van der Waals surface area contributed by atoms with Gasteiger partial charge in [0.25, 0.3) is 0 Å². The number of hydrogen-bond donors (Lipinski definition) is 0. The van der Waals surface area contributed by atoms with E-state index >= 15 is 0 Å². The third-order valence-corrected chi connectivity index (χ3v) is 0.833. The molecule has 0 aliphatic heterocycles. The quantitative estimate of drug-likeness (QED) is 0.477. The van der Waals surface area contributed by atoms with Crippen molar-refractivity contribution in [2.24, 2.45) is 0 Å². The Kier molecular flexibility index (Phi) is 3.29. The van der Waals surface area contributed by atoms with Gasteiger partial charge in [-0.3, -0.25) is 0 Å². The lowest BCUT2D eigenvalue weighted by Gasteiger charge is -2.13. The fraction of sp³-hybridized carbons (Fsp3) is 0.333. The summed E-state index contributed by atoms with van der Waals surface area (Å²) < 4.78 is 0. The first kappa shape index (κ1) is 6.41. The summed E-state index contributed by atoms with van der Waals surface area (Å²) in [4.78, 5) is 1.92. The van der Waals surface area contributed by atoms with E-state index in [1.807, 2.05) is 4.90 Å². The van der Waals surface area contributed by atoms with Crippen LogP contribution in [0.3, 0.4) is 0 Å². The van der Waals surface area contributed by atoms with E-state index in [0.29, 0.717) is 0 Å². The zero-order valence-electron chi connectivity index (χ0n) is 4.56. The van der Waals surface area contributed by atoms with E-state index < -0.39 is 0 Å². The molecule has 0 amide bonds. The molecule has 0 atom stereocenters. The Morgan fingerprint density at radius 3 is 2.43 bits per heavy atom. The third kappa shape index (κ3) is 2.15. The van der Waals surface area contributed by atoms with Gasteiger partial charge in [0, 0.05) is 0 Å². The molecule has 0 fully saturated rings. The zero-order valence-corrected chi connectivity index (χ0v) is 4.56. The van der Waals surface area contributed by atoms with Gasteiger partial charge in [-0.25, -0.2) is 0 Å². The number of rotatable bonds is 3. The molecule has 0 N–H and O–H groups in total. The van der Waals surface area contributed by atoms with Crippen LogP contribution in [-0.4, -0.2) is 18.0 Å². The standard InChI is InChI=1S/C6H11N/c1-4-7(5-2)6-3/h4H,1-3,5-6H2. The van der Waals surface area contributed by atoms with Crippen LogP contribution < -0.4 is 0 Å². The summed E-state index contributed by atoms with van der Waals surface area (Å²) in [5, 5.41) is 0. The van der Waals surface area contributed by atoms with Crippen molar-refractivity contribution < 1.29 is 0 Å². The van der Waals surface area contributed by atoms with Crippen molar-refractivity contribution in [2.45, 2.75) is 0 Å². The van der Waals surface area contributed by atoms with E-state index in [2.05, 4.69) is 20.4 Å². The first-order chi connectivity index (χ1) is 3.35. The highest BCUT2D eigenvalue weighted by Gasteiger charge is 1.84. The SMILES string of the molecule is C=CN(C[CH2+])C[CH2-]. The maximum absolute atomic E-state index is 3.64. The Balaban J connectivity index is 3.16. The van der Waals surface area contributed by atoms with Crippen LogP contribution in [-0.2, 0) is 0 Å². The van der Waals surface area contributed by atoms with Gasteiger partial charge < -0.3 is 11.8 Å². The molecule has 1 nitrogen and oxygen atoms in total. The van der Waals surface area contributed by atoms with Gasteiger partial charge in [-0.15, -0.1) is 6.54 Å². The molecule has 1 heteroatoms. The van der Waals surface area contributed by atoms with Crippen LogP contribution in [0.25, 0.3) is 0 Å².